The van der Waals surface area contributed by atoms with Gasteiger partial charge in [0.25, 0.3) is 0 Å². The summed E-state index contributed by atoms with van der Waals surface area (Å²) in [6.07, 6.45) is 1.84. The van der Waals surface area contributed by atoms with Gasteiger partial charge in [0.05, 0.1) is 23.5 Å². The number of carbonyl (C=O) groups excluding carboxylic acids is 1. The lowest BCUT2D eigenvalue weighted by molar-refractivity contribution is -0.125. The van der Waals surface area contributed by atoms with Gasteiger partial charge in [-0.3, -0.25) is 4.79 Å². The number of benzene rings is 1. The third-order valence-electron chi connectivity index (χ3n) is 5.35. The maximum Gasteiger partial charge on any atom is 0.225 e. The van der Waals surface area contributed by atoms with Crippen LogP contribution in [0.4, 0.5) is 5.95 Å². The number of hydrogen-bond acceptors (Lipinski definition) is 5. The van der Waals surface area contributed by atoms with Crippen LogP contribution in [0.15, 0.2) is 30.3 Å². The van der Waals surface area contributed by atoms with E-state index in [2.05, 4.69) is 25.2 Å². The van der Waals surface area contributed by atoms with Gasteiger partial charge in [-0.1, -0.05) is 12.1 Å². The molecule has 4 rings (SSSR count). The molecule has 1 saturated heterocycles. The van der Waals surface area contributed by atoms with Crippen LogP contribution < -0.4 is 10.2 Å². The second-order valence-corrected chi connectivity index (χ2v) is 7.53. The van der Waals surface area contributed by atoms with E-state index in [4.69, 9.17) is 0 Å². The van der Waals surface area contributed by atoms with Gasteiger partial charge in [-0.05, 0) is 44.9 Å². The molecule has 1 atom stereocenters. The molecule has 1 amide bonds. The number of para-hydroxylation sites is 2. The minimum atomic E-state index is -0.0622. The van der Waals surface area contributed by atoms with Crippen molar-refractivity contribution in [3.8, 4) is 0 Å². The number of rotatable bonds is 4. The molecule has 0 bridgehead atoms. The molecular weight excluding hydrogens is 352 g/mol. The molecular formula is C21H26N6O. The van der Waals surface area contributed by atoms with Crippen LogP contribution >= 0.6 is 0 Å². The molecule has 3 aromatic rings. The molecule has 1 aliphatic heterocycles. The Bertz CT molecular complexity index is 991. The highest BCUT2D eigenvalue weighted by atomic mass is 16.1. The molecule has 0 saturated carbocycles. The van der Waals surface area contributed by atoms with Crippen molar-refractivity contribution in [2.75, 3.05) is 18.0 Å². The predicted molar refractivity (Wildman–Crippen MR) is 109 cm³/mol. The number of nitrogens with zero attached hydrogens (tertiary/aromatic N) is 5. The van der Waals surface area contributed by atoms with Crippen molar-refractivity contribution in [2.45, 2.75) is 33.2 Å². The SMILES string of the molecule is Cc1cc(C)nc(N2CCC[C@@H](C(=O)NCc3nc4ccccc4n3C)C2)n1. The first kappa shape index (κ1) is 18.4. The maximum atomic E-state index is 12.8. The van der Waals surface area contributed by atoms with Gasteiger partial charge in [0.2, 0.25) is 11.9 Å². The summed E-state index contributed by atoms with van der Waals surface area (Å²) in [4.78, 5) is 28.7. The summed E-state index contributed by atoms with van der Waals surface area (Å²) < 4.78 is 2.03. The number of nitrogens with one attached hydrogen (secondary N) is 1. The largest absolute Gasteiger partial charge is 0.349 e. The molecule has 2 aromatic heterocycles. The normalized spacial score (nSPS) is 17.1. The molecule has 0 radical (unpaired) electrons. The van der Waals surface area contributed by atoms with Crippen LogP contribution in [0, 0.1) is 19.8 Å². The van der Waals surface area contributed by atoms with Crippen LogP contribution in [0.5, 0.6) is 0 Å². The predicted octanol–water partition coefficient (Wildman–Crippen LogP) is 2.51. The Morgan fingerprint density at radius 3 is 2.68 bits per heavy atom. The summed E-state index contributed by atoms with van der Waals surface area (Å²) in [6.45, 7) is 5.92. The molecule has 0 spiro atoms. The van der Waals surface area contributed by atoms with Gasteiger partial charge >= 0.3 is 0 Å². The van der Waals surface area contributed by atoms with Crippen molar-refractivity contribution < 1.29 is 4.79 Å². The minimum absolute atomic E-state index is 0.0622. The van der Waals surface area contributed by atoms with Gasteiger partial charge in [0, 0.05) is 31.5 Å². The maximum absolute atomic E-state index is 12.8. The van der Waals surface area contributed by atoms with Crippen molar-refractivity contribution >= 4 is 22.9 Å². The van der Waals surface area contributed by atoms with Gasteiger partial charge in [-0.15, -0.1) is 0 Å². The number of fused-ring (bicyclic) bond motifs is 1. The fourth-order valence-electron chi connectivity index (χ4n) is 3.89. The zero-order valence-electron chi connectivity index (χ0n) is 16.6. The highest BCUT2D eigenvalue weighted by Crippen LogP contribution is 2.21. The molecule has 0 unspecified atom stereocenters. The average Bonchev–Trinajstić information content (AvgIpc) is 3.01. The van der Waals surface area contributed by atoms with Gasteiger partial charge in [0.1, 0.15) is 5.82 Å². The van der Waals surface area contributed by atoms with Gasteiger partial charge in [0.15, 0.2) is 0 Å². The first-order valence-electron chi connectivity index (χ1n) is 9.76. The van der Waals surface area contributed by atoms with Crippen molar-refractivity contribution in [2.24, 2.45) is 13.0 Å². The quantitative estimate of drug-likeness (QED) is 0.755. The highest BCUT2D eigenvalue weighted by molar-refractivity contribution is 5.80. The van der Waals surface area contributed by atoms with E-state index in [0.717, 1.165) is 53.6 Å². The monoisotopic (exact) mass is 378 g/mol. The Labute approximate surface area is 164 Å². The van der Waals surface area contributed by atoms with E-state index in [1.807, 2.05) is 55.8 Å². The Morgan fingerprint density at radius 1 is 1.18 bits per heavy atom. The third-order valence-corrected chi connectivity index (χ3v) is 5.35. The zero-order chi connectivity index (χ0) is 19.7. The fraction of sp³-hybridized carbons (Fsp3) is 0.429. The topological polar surface area (TPSA) is 75.9 Å². The lowest BCUT2D eigenvalue weighted by atomic mass is 9.97. The summed E-state index contributed by atoms with van der Waals surface area (Å²) in [5.41, 5.74) is 3.93. The van der Waals surface area contributed by atoms with E-state index in [9.17, 15) is 4.79 Å². The number of aromatic nitrogens is 4. The second kappa shape index (κ2) is 7.58. The number of hydrogen-bond donors (Lipinski definition) is 1. The summed E-state index contributed by atoms with van der Waals surface area (Å²) in [5.74, 6) is 1.60. The molecule has 3 heterocycles. The Morgan fingerprint density at radius 2 is 1.93 bits per heavy atom. The average molecular weight is 378 g/mol. The Balaban J connectivity index is 1.42. The smallest absolute Gasteiger partial charge is 0.225 e. The zero-order valence-corrected chi connectivity index (χ0v) is 16.6. The number of amides is 1. The van der Waals surface area contributed by atoms with Crippen molar-refractivity contribution in [1.82, 2.24) is 24.8 Å². The van der Waals surface area contributed by atoms with E-state index in [-0.39, 0.29) is 11.8 Å². The summed E-state index contributed by atoms with van der Waals surface area (Å²) in [7, 11) is 1.98. The van der Waals surface area contributed by atoms with Crippen LogP contribution in [0.1, 0.15) is 30.1 Å². The molecule has 7 heteroatoms. The first-order valence-corrected chi connectivity index (χ1v) is 9.76. The highest BCUT2D eigenvalue weighted by Gasteiger charge is 2.27. The van der Waals surface area contributed by atoms with E-state index in [0.29, 0.717) is 13.1 Å². The Hall–Kier alpha value is -2.96. The van der Waals surface area contributed by atoms with Crippen LogP contribution in [0.2, 0.25) is 0 Å². The molecule has 0 aliphatic carbocycles. The van der Waals surface area contributed by atoms with Crippen molar-refractivity contribution in [1.29, 1.82) is 0 Å². The lowest BCUT2D eigenvalue weighted by Crippen LogP contribution is -2.43. The molecule has 146 valence electrons. The van der Waals surface area contributed by atoms with Crippen molar-refractivity contribution in [3.63, 3.8) is 0 Å². The molecule has 1 aliphatic rings. The van der Waals surface area contributed by atoms with Gasteiger partial charge < -0.3 is 14.8 Å². The summed E-state index contributed by atoms with van der Waals surface area (Å²) >= 11 is 0. The summed E-state index contributed by atoms with van der Waals surface area (Å²) in [6, 6.07) is 9.97. The van der Waals surface area contributed by atoms with E-state index in [1.54, 1.807) is 0 Å². The number of carbonyl (C=O) groups is 1. The van der Waals surface area contributed by atoms with Gasteiger partial charge in [-0.25, -0.2) is 15.0 Å². The molecule has 7 nitrogen and oxygen atoms in total. The number of piperidine rings is 1. The van der Waals surface area contributed by atoms with Crippen LogP contribution in [0.25, 0.3) is 11.0 Å². The summed E-state index contributed by atoms with van der Waals surface area (Å²) in [5, 5.41) is 3.08. The number of anilines is 1. The van der Waals surface area contributed by atoms with Crippen molar-refractivity contribution in [3.05, 3.63) is 47.5 Å². The van der Waals surface area contributed by atoms with E-state index < -0.39 is 0 Å². The molecule has 1 aromatic carbocycles. The minimum Gasteiger partial charge on any atom is -0.349 e. The number of imidazole rings is 1. The van der Waals surface area contributed by atoms with Crippen LogP contribution in [0.3, 0.4) is 0 Å². The third kappa shape index (κ3) is 3.69. The first-order chi connectivity index (χ1) is 13.5. The van der Waals surface area contributed by atoms with Gasteiger partial charge in [-0.2, -0.15) is 0 Å². The lowest BCUT2D eigenvalue weighted by Gasteiger charge is -2.32. The number of aryl methyl sites for hydroxylation is 3. The fourth-order valence-corrected chi connectivity index (χ4v) is 3.89. The second-order valence-electron chi connectivity index (χ2n) is 7.53. The molecule has 1 N–H and O–H groups in total. The van der Waals surface area contributed by atoms with Crippen LogP contribution in [-0.2, 0) is 18.4 Å². The Kier molecular flexibility index (Phi) is 4.98. The molecule has 1 fully saturated rings. The molecule has 28 heavy (non-hydrogen) atoms. The van der Waals surface area contributed by atoms with E-state index in [1.165, 1.54) is 0 Å². The van der Waals surface area contributed by atoms with Crippen LogP contribution in [-0.4, -0.2) is 38.5 Å². The standard InChI is InChI=1S/C21H26N6O/c1-14-11-15(2)24-21(23-14)27-10-6-7-16(13-27)20(28)22-12-19-25-17-8-4-5-9-18(17)26(19)3/h4-5,8-9,11,16H,6-7,10,12-13H2,1-3H3,(H,22,28)/t16-/m1/s1. The van der Waals surface area contributed by atoms with E-state index >= 15 is 0 Å².